The largest absolute Gasteiger partial charge is 0.387 e. The van der Waals surface area contributed by atoms with Gasteiger partial charge in [-0.3, -0.25) is 9.59 Å². The van der Waals surface area contributed by atoms with Gasteiger partial charge in [0, 0.05) is 6.42 Å². The van der Waals surface area contributed by atoms with Crippen molar-refractivity contribution in [2.45, 2.75) is 19.3 Å². The van der Waals surface area contributed by atoms with Crippen LogP contribution in [-0.2, 0) is 9.59 Å². The number of amides is 2. The molecule has 1 aliphatic carbocycles. The van der Waals surface area contributed by atoms with E-state index in [1.807, 2.05) is 0 Å². The molecular formula is C15H18N2O3. The third-order valence-corrected chi connectivity index (χ3v) is 3.18. The summed E-state index contributed by atoms with van der Waals surface area (Å²) in [6.07, 6.45) is 6.64. The van der Waals surface area contributed by atoms with Crippen LogP contribution >= 0.6 is 0 Å². The van der Waals surface area contributed by atoms with E-state index in [1.54, 1.807) is 24.3 Å². The van der Waals surface area contributed by atoms with Gasteiger partial charge in [-0.1, -0.05) is 24.3 Å². The van der Waals surface area contributed by atoms with Crippen LogP contribution in [0.15, 0.2) is 36.4 Å². The standard InChI is InChI=1S/C15H18N2O3/c18-10-15(20)17-13-8-4-3-7-12(13)16-14(19)9-11-5-1-2-6-11/h1,3-5,7-8,11,18H,2,6,9-10H2,(H,16,19)(H,17,20). The number of rotatable bonds is 5. The fourth-order valence-electron chi connectivity index (χ4n) is 2.20. The highest BCUT2D eigenvalue weighted by Gasteiger charge is 2.15. The van der Waals surface area contributed by atoms with Gasteiger partial charge in [-0.2, -0.15) is 0 Å². The zero-order chi connectivity index (χ0) is 14.4. The van der Waals surface area contributed by atoms with Crippen molar-refractivity contribution in [2.24, 2.45) is 5.92 Å². The number of para-hydroxylation sites is 2. The van der Waals surface area contributed by atoms with Crippen molar-refractivity contribution in [1.82, 2.24) is 0 Å². The predicted octanol–water partition coefficient (Wildman–Crippen LogP) is 1.91. The summed E-state index contributed by atoms with van der Waals surface area (Å²) in [5, 5.41) is 14.1. The molecule has 1 aromatic rings. The highest BCUT2D eigenvalue weighted by molar-refractivity contribution is 5.99. The zero-order valence-electron chi connectivity index (χ0n) is 11.1. The van der Waals surface area contributed by atoms with Crippen LogP contribution in [0.4, 0.5) is 11.4 Å². The molecule has 0 fully saturated rings. The third kappa shape index (κ3) is 3.93. The summed E-state index contributed by atoms with van der Waals surface area (Å²) in [5.41, 5.74) is 1.03. The summed E-state index contributed by atoms with van der Waals surface area (Å²) < 4.78 is 0. The Morgan fingerprint density at radius 1 is 1.15 bits per heavy atom. The summed E-state index contributed by atoms with van der Waals surface area (Å²) in [4.78, 5) is 23.2. The first-order chi connectivity index (χ1) is 9.69. The van der Waals surface area contributed by atoms with E-state index >= 15 is 0 Å². The van der Waals surface area contributed by atoms with Crippen LogP contribution in [0.3, 0.4) is 0 Å². The smallest absolute Gasteiger partial charge is 0.250 e. The first kappa shape index (κ1) is 14.3. The number of hydrogen-bond donors (Lipinski definition) is 3. The van der Waals surface area contributed by atoms with Crippen molar-refractivity contribution in [3.8, 4) is 0 Å². The lowest BCUT2D eigenvalue weighted by atomic mass is 10.0. The molecule has 0 bridgehead atoms. The Hall–Kier alpha value is -2.14. The van der Waals surface area contributed by atoms with Gasteiger partial charge >= 0.3 is 0 Å². The number of carbonyl (C=O) groups excluding carboxylic acids is 2. The number of aliphatic hydroxyl groups is 1. The van der Waals surface area contributed by atoms with Crippen molar-refractivity contribution in [2.75, 3.05) is 17.2 Å². The normalized spacial score (nSPS) is 16.9. The van der Waals surface area contributed by atoms with E-state index in [9.17, 15) is 9.59 Å². The van der Waals surface area contributed by atoms with Crippen LogP contribution in [-0.4, -0.2) is 23.5 Å². The molecule has 0 aromatic heterocycles. The number of hydrogen-bond acceptors (Lipinski definition) is 3. The topological polar surface area (TPSA) is 78.4 Å². The monoisotopic (exact) mass is 274 g/mol. The SMILES string of the molecule is O=C(CO)Nc1ccccc1NC(=O)CC1C=CCC1. The summed E-state index contributed by atoms with van der Waals surface area (Å²) in [6.45, 7) is -0.588. The maximum absolute atomic E-state index is 12.0. The van der Waals surface area contributed by atoms with Gasteiger partial charge < -0.3 is 15.7 Å². The molecule has 3 N–H and O–H groups in total. The molecule has 0 saturated heterocycles. The lowest BCUT2D eigenvalue weighted by molar-refractivity contribution is -0.119. The molecule has 0 heterocycles. The number of nitrogens with one attached hydrogen (secondary N) is 2. The first-order valence-electron chi connectivity index (χ1n) is 6.65. The molecule has 2 rings (SSSR count). The van der Waals surface area contributed by atoms with Gasteiger partial charge in [0.2, 0.25) is 11.8 Å². The summed E-state index contributed by atoms with van der Waals surface area (Å²) in [7, 11) is 0. The van der Waals surface area contributed by atoms with Crippen LogP contribution in [0.2, 0.25) is 0 Å². The number of anilines is 2. The van der Waals surface area contributed by atoms with E-state index < -0.39 is 12.5 Å². The molecular weight excluding hydrogens is 256 g/mol. The van der Waals surface area contributed by atoms with Crippen LogP contribution in [0.5, 0.6) is 0 Å². The van der Waals surface area contributed by atoms with E-state index in [1.165, 1.54) is 0 Å². The predicted molar refractivity (Wildman–Crippen MR) is 77.3 cm³/mol. The molecule has 5 nitrogen and oxygen atoms in total. The Kier molecular flexibility index (Phi) is 4.90. The van der Waals surface area contributed by atoms with E-state index in [0.29, 0.717) is 23.7 Å². The van der Waals surface area contributed by atoms with Crippen molar-refractivity contribution in [3.63, 3.8) is 0 Å². The zero-order valence-corrected chi connectivity index (χ0v) is 11.1. The van der Waals surface area contributed by atoms with Gasteiger partial charge in [0.1, 0.15) is 6.61 Å². The Bertz CT molecular complexity index is 526. The number of aliphatic hydroxyl groups excluding tert-OH is 1. The second-order valence-corrected chi connectivity index (χ2v) is 4.77. The summed E-state index contributed by atoms with van der Waals surface area (Å²) in [5.74, 6) is -0.285. The molecule has 20 heavy (non-hydrogen) atoms. The molecule has 5 heteroatoms. The van der Waals surface area contributed by atoms with Gasteiger partial charge in [0.05, 0.1) is 11.4 Å². The second-order valence-electron chi connectivity index (χ2n) is 4.77. The van der Waals surface area contributed by atoms with Gasteiger partial charge in [-0.25, -0.2) is 0 Å². The van der Waals surface area contributed by atoms with E-state index in [4.69, 9.17) is 5.11 Å². The van der Waals surface area contributed by atoms with E-state index in [2.05, 4.69) is 22.8 Å². The molecule has 0 saturated carbocycles. The van der Waals surface area contributed by atoms with E-state index in [-0.39, 0.29) is 5.91 Å². The minimum atomic E-state index is -0.588. The molecule has 106 valence electrons. The molecule has 0 radical (unpaired) electrons. The highest BCUT2D eigenvalue weighted by Crippen LogP contribution is 2.24. The van der Waals surface area contributed by atoms with Gasteiger partial charge in [-0.05, 0) is 30.9 Å². The fourth-order valence-corrected chi connectivity index (χ4v) is 2.20. The second kappa shape index (κ2) is 6.86. The minimum absolute atomic E-state index is 0.0766. The fraction of sp³-hybridized carbons (Fsp3) is 0.333. The molecule has 1 aromatic carbocycles. The number of benzene rings is 1. The van der Waals surface area contributed by atoms with Gasteiger partial charge in [0.15, 0.2) is 0 Å². The minimum Gasteiger partial charge on any atom is -0.387 e. The van der Waals surface area contributed by atoms with E-state index in [0.717, 1.165) is 12.8 Å². The third-order valence-electron chi connectivity index (χ3n) is 3.18. The number of carbonyl (C=O) groups is 2. The average molecular weight is 274 g/mol. The van der Waals surface area contributed by atoms with Crippen LogP contribution in [0, 0.1) is 5.92 Å². The van der Waals surface area contributed by atoms with Crippen LogP contribution < -0.4 is 10.6 Å². The van der Waals surface area contributed by atoms with Gasteiger partial charge in [0.25, 0.3) is 0 Å². The first-order valence-corrected chi connectivity index (χ1v) is 6.65. The Morgan fingerprint density at radius 3 is 2.35 bits per heavy atom. The van der Waals surface area contributed by atoms with Gasteiger partial charge in [-0.15, -0.1) is 0 Å². The van der Waals surface area contributed by atoms with Crippen LogP contribution in [0.25, 0.3) is 0 Å². The molecule has 1 aliphatic rings. The van der Waals surface area contributed by atoms with Crippen LogP contribution in [0.1, 0.15) is 19.3 Å². The summed E-state index contributed by atoms with van der Waals surface area (Å²) in [6, 6.07) is 6.93. The molecule has 1 unspecified atom stereocenters. The van der Waals surface area contributed by atoms with Crippen molar-refractivity contribution < 1.29 is 14.7 Å². The van der Waals surface area contributed by atoms with Crippen molar-refractivity contribution >= 4 is 23.2 Å². The quantitative estimate of drug-likeness (QED) is 0.718. The molecule has 1 atom stereocenters. The summed E-state index contributed by atoms with van der Waals surface area (Å²) >= 11 is 0. The lowest BCUT2D eigenvalue weighted by Gasteiger charge is -2.13. The maximum Gasteiger partial charge on any atom is 0.250 e. The molecule has 0 aliphatic heterocycles. The highest BCUT2D eigenvalue weighted by atomic mass is 16.3. The Morgan fingerprint density at radius 2 is 1.80 bits per heavy atom. The molecule has 2 amide bonds. The number of allylic oxidation sites excluding steroid dienone is 2. The Labute approximate surface area is 117 Å². The lowest BCUT2D eigenvalue weighted by Crippen LogP contribution is -2.19. The van der Waals surface area contributed by atoms with Crippen molar-refractivity contribution in [3.05, 3.63) is 36.4 Å². The molecule has 0 spiro atoms. The Balaban J connectivity index is 1.99. The van der Waals surface area contributed by atoms with Crippen molar-refractivity contribution in [1.29, 1.82) is 0 Å². The average Bonchev–Trinajstić information content (AvgIpc) is 2.93. The maximum atomic E-state index is 12.0.